The van der Waals surface area contributed by atoms with E-state index >= 15 is 0 Å². The van der Waals surface area contributed by atoms with Gasteiger partial charge < -0.3 is 9.47 Å². The lowest BCUT2D eigenvalue weighted by atomic mass is 9.75. The van der Waals surface area contributed by atoms with Crippen molar-refractivity contribution in [2.24, 2.45) is 10.9 Å². The minimum absolute atomic E-state index is 0.0174. The van der Waals surface area contributed by atoms with Crippen LogP contribution < -0.4 is 0 Å². The molecule has 0 amide bonds. The number of aliphatic imine (C=N–C) groups is 1. The van der Waals surface area contributed by atoms with Crippen molar-refractivity contribution < 1.29 is 33.6 Å². The molecule has 0 saturated heterocycles. The molecule has 1 aliphatic heterocycles. The van der Waals surface area contributed by atoms with Gasteiger partial charge >= 0.3 is 11.9 Å². The van der Waals surface area contributed by atoms with Crippen molar-refractivity contribution in [1.29, 1.82) is 0 Å². The summed E-state index contributed by atoms with van der Waals surface area (Å²) in [6.45, 7) is 3.32. The smallest absolute Gasteiger partial charge is 0.336 e. The second-order valence-electron chi connectivity index (χ2n) is 10.6. The third kappa shape index (κ3) is 9.72. The Morgan fingerprint density at radius 3 is 1.89 bits per heavy atom. The van der Waals surface area contributed by atoms with E-state index in [1.807, 2.05) is 12.1 Å². The van der Waals surface area contributed by atoms with Crippen LogP contribution in [0.25, 0.3) is 0 Å². The zero-order valence-corrected chi connectivity index (χ0v) is 27.6. The van der Waals surface area contributed by atoms with Crippen LogP contribution in [0.2, 0.25) is 0 Å². The van der Waals surface area contributed by atoms with Crippen LogP contribution in [0.15, 0.2) is 101 Å². The van der Waals surface area contributed by atoms with E-state index in [1.54, 1.807) is 68.4 Å². The van der Waals surface area contributed by atoms with Crippen molar-refractivity contribution in [3.63, 3.8) is 0 Å². The van der Waals surface area contributed by atoms with E-state index in [9.17, 15) is 29.3 Å². The molecule has 244 valence electrons. The highest BCUT2D eigenvalue weighted by atomic mass is 32.2. The molecule has 1 heterocycles. The summed E-state index contributed by atoms with van der Waals surface area (Å²) in [5.74, 6) is -2.48. The number of ether oxygens (including phenoxy) is 2. The second-order valence-corrected chi connectivity index (χ2v) is 12.7. The Bertz CT molecular complexity index is 1680. The number of hydrogen-bond donors (Lipinski definition) is 0. The number of hydrogen-bond acceptors (Lipinski definition) is 11. The third-order valence-corrected chi connectivity index (χ3v) is 9.26. The molecule has 0 aliphatic carbocycles. The molecule has 1 aliphatic rings. The van der Waals surface area contributed by atoms with Gasteiger partial charge in [-0.1, -0.05) is 96.3 Å². The van der Waals surface area contributed by atoms with Gasteiger partial charge in [-0.05, 0) is 32.3 Å². The predicted molar refractivity (Wildman–Crippen MR) is 183 cm³/mol. The maximum atomic E-state index is 13.6. The van der Waals surface area contributed by atoms with E-state index in [0.717, 1.165) is 23.5 Å². The first-order chi connectivity index (χ1) is 22.7. The summed E-state index contributed by atoms with van der Waals surface area (Å²) in [5.41, 5.74) is 2.18. The molecule has 0 radical (unpaired) electrons. The van der Waals surface area contributed by atoms with E-state index in [0.29, 0.717) is 52.4 Å². The molecule has 0 fully saturated rings. The van der Waals surface area contributed by atoms with Crippen molar-refractivity contribution in [2.45, 2.75) is 32.6 Å². The first kappa shape index (κ1) is 35.3. The Labute approximate surface area is 281 Å². The number of carbonyl (C=O) groups excluding carboxylic acids is 4. The predicted octanol–water partition coefficient (Wildman–Crippen LogP) is 7.06. The molecule has 2 unspecified atom stereocenters. The molecule has 10 nitrogen and oxygen atoms in total. The SMILES string of the molecule is CC1=NC(C)=C(C(=O)OCCCSC(=O)c2ccccc2)C(c2cccc([N+](=O)[O-])c2)C1C(=O)OCCCSC(=O)c1ccccc1. The van der Waals surface area contributed by atoms with E-state index in [4.69, 9.17) is 9.47 Å². The van der Waals surface area contributed by atoms with E-state index in [2.05, 4.69) is 4.99 Å². The normalized spacial score (nSPS) is 15.8. The van der Waals surface area contributed by atoms with Gasteiger partial charge in [0.05, 0.1) is 23.7 Å². The number of non-ortho nitro benzene ring substituents is 1. The molecule has 3 aromatic rings. The molecular formula is C35H34N2O8S2. The van der Waals surface area contributed by atoms with Crippen molar-refractivity contribution in [2.75, 3.05) is 24.7 Å². The fourth-order valence-electron chi connectivity index (χ4n) is 5.07. The summed E-state index contributed by atoms with van der Waals surface area (Å²) in [6.07, 6.45) is 0.815. The molecule has 0 saturated carbocycles. The monoisotopic (exact) mass is 674 g/mol. The van der Waals surface area contributed by atoms with Gasteiger partial charge in [-0.25, -0.2) is 4.79 Å². The molecular weight excluding hydrogens is 641 g/mol. The number of nitrogens with zero attached hydrogens (tertiary/aromatic N) is 2. The summed E-state index contributed by atoms with van der Waals surface area (Å²) in [5, 5.41) is 11.4. The molecule has 4 rings (SSSR count). The van der Waals surface area contributed by atoms with Gasteiger partial charge in [0.1, 0.15) is 5.92 Å². The lowest BCUT2D eigenvalue weighted by Gasteiger charge is -2.31. The summed E-state index contributed by atoms with van der Waals surface area (Å²) >= 11 is 2.25. The summed E-state index contributed by atoms with van der Waals surface area (Å²) in [6, 6.07) is 23.5. The maximum Gasteiger partial charge on any atom is 0.336 e. The molecule has 47 heavy (non-hydrogen) atoms. The van der Waals surface area contributed by atoms with Crippen molar-refractivity contribution >= 4 is 57.1 Å². The van der Waals surface area contributed by atoms with Gasteiger partial charge in [0, 0.05) is 52.1 Å². The molecule has 0 aromatic heterocycles. The van der Waals surface area contributed by atoms with Crippen molar-refractivity contribution in [3.8, 4) is 0 Å². The van der Waals surface area contributed by atoms with Crippen LogP contribution in [0.4, 0.5) is 5.69 Å². The maximum absolute atomic E-state index is 13.6. The third-order valence-electron chi connectivity index (χ3n) is 7.28. The second kappa shape index (κ2) is 17.4. The Kier molecular flexibility index (Phi) is 13.1. The lowest BCUT2D eigenvalue weighted by molar-refractivity contribution is -0.384. The van der Waals surface area contributed by atoms with Crippen LogP contribution in [0.3, 0.4) is 0 Å². The number of carbonyl (C=O) groups is 4. The van der Waals surface area contributed by atoms with Crippen LogP contribution in [0.5, 0.6) is 0 Å². The zero-order valence-electron chi connectivity index (χ0n) is 26.0. The molecule has 0 N–H and O–H groups in total. The lowest BCUT2D eigenvalue weighted by Crippen LogP contribution is -2.36. The Morgan fingerprint density at radius 1 is 0.787 bits per heavy atom. The number of benzene rings is 3. The van der Waals surface area contributed by atoms with Gasteiger partial charge in [-0.2, -0.15) is 0 Å². The highest BCUT2D eigenvalue weighted by Gasteiger charge is 2.43. The fourth-order valence-corrected chi connectivity index (χ4v) is 6.57. The van der Waals surface area contributed by atoms with Gasteiger partial charge in [0.2, 0.25) is 10.2 Å². The van der Waals surface area contributed by atoms with Crippen molar-refractivity contribution in [1.82, 2.24) is 0 Å². The minimum Gasteiger partial charge on any atom is -0.465 e. The van der Waals surface area contributed by atoms with Crippen molar-refractivity contribution in [3.05, 3.63) is 123 Å². The zero-order chi connectivity index (χ0) is 33.8. The van der Waals surface area contributed by atoms with Crippen LogP contribution in [-0.2, 0) is 19.1 Å². The fraction of sp³-hybridized carbons (Fsp3) is 0.286. The topological polar surface area (TPSA) is 142 Å². The van der Waals surface area contributed by atoms with E-state index in [1.165, 1.54) is 18.2 Å². The molecule has 12 heteroatoms. The standard InChI is InChI=1S/C35H34N2O8S2/c1-23-29(32(38)44-18-10-20-46-34(40)25-12-5-3-6-13-25)31(27-16-9-17-28(22-27)37(42)43)30(24(2)36-23)33(39)45-19-11-21-47-35(41)26-14-7-4-8-15-26/h3-9,12-17,22,29,31H,10-11,18-21H2,1-2H3. The molecule has 2 atom stereocenters. The molecule has 0 spiro atoms. The Balaban J connectivity index is 1.43. The van der Waals surface area contributed by atoms with E-state index < -0.39 is 28.7 Å². The first-order valence-electron chi connectivity index (χ1n) is 15.0. The summed E-state index contributed by atoms with van der Waals surface area (Å²) < 4.78 is 11.2. The number of allylic oxidation sites excluding steroid dienone is 1. The Morgan fingerprint density at radius 2 is 1.34 bits per heavy atom. The van der Waals surface area contributed by atoms with Crippen LogP contribution in [0, 0.1) is 16.0 Å². The highest BCUT2D eigenvalue weighted by molar-refractivity contribution is 8.14. The average Bonchev–Trinajstić information content (AvgIpc) is 3.08. The minimum atomic E-state index is -1.04. The average molecular weight is 675 g/mol. The largest absolute Gasteiger partial charge is 0.465 e. The van der Waals surface area contributed by atoms with Gasteiger partial charge in [-0.3, -0.25) is 29.5 Å². The quantitative estimate of drug-likeness (QED) is 0.0755. The number of nitro benzene ring substituents is 1. The summed E-state index contributed by atoms with van der Waals surface area (Å²) in [7, 11) is 0. The number of rotatable bonds is 14. The van der Waals surface area contributed by atoms with Gasteiger partial charge in [-0.15, -0.1) is 0 Å². The van der Waals surface area contributed by atoms with E-state index in [-0.39, 0.29) is 34.7 Å². The number of nitro groups is 1. The Hall–Kier alpha value is -4.55. The van der Waals surface area contributed by atoms with Crippen LogP contribution in [-0.4, -0.2) is 57.5 Å². The van der Waals surface area contributed by atoms with Gasteiger partial charge in [0.15, 0.2) is 0 Å². The highest BCUT2D eigenvalue weighted by Crippen LogP contribution is 2.41. The first-order valence-corrected chi connectivity index (χ1v) is 16.9. The summed E-state index contributed by atoms with van der Waals surface area (Å²) in [4.78, 5) is 67.4. The van der Waals surface area contributed by atoms with Crippen LogP contribution in [0.1, 0.15) is 58.9 Å². The number of esters is 2. The van der Waals surface area contributed by atoms with Crippen LogP contribution >= 0.6 is 23.5 Å². The molecule has 0 bridgehead atoms. The number of thioether (sulfide) groups is 2. The molecule has 3 aromatic carbocycles. The van der Waals surface area contributed by atoms with Gasteiger partial charge in [0.25, 0.3) is 5.69 Å².